The summed E-state index contributed by atoms with van der Waals surface area (Å²) < 4.78 is 40.6. The molecular formula is C7H8F3N3O3. The molecule has 16 heavy (non-hydrogen) atoms. The third kappa shape index (κ3) is 4.73. The molecule has 6 nitrogen and oxygen atoms in total. The molecule has 1 aromatic rings. The van der Waals surface area contributed by atoms with Crippen LogP contribution in [0.1, 0.15) is 5.82 Å². The lowest BCUT2D eigenvalue weighted by Gasteiger charge is -2.19. The van der Waals surface area contributed by atoms with E-state index < -0.39 is 25.2 Å². The monoisotopic (exact) mass is 239 g/mol. The van der Waals surface area contributed by atoms with Crippen LogP contribution in [0.25, 0.3) is 0 Å². The second-order valence-electron chi connectivity index (χ2n) is 3.00. The van der Waals surface area contributed by atoms with E-state index in [1.165, 1.54) is 0 Å². The molecule has 1 aromatic heterocycles. The SMILES string of the molecule is O=C(O)CN(Cc1ncon1)CC(F)(F)F. The molecule has 0 aliphatic heterocycles. The van der Waals surface area contributed by atoms with E-state index in [1.807, 2.05) is 0 Å². The van der Waals surface area contributed by atoms with Crippen LogP contribution < -0.4 is 0 Å². The highest BCUT2D eigenvalue weighted by atomic mass is 19.4. The second-order valence-corrected chi connectivity index (χ2v) is 3.00. The smallest absolute Gasteiger partial charge is 0.401 e. The predicted molar refractivity (Wildman–Crippen MR) is 43.3 cm³/mol. The van der Waals surface area contributed by atoms with Gasteiger partial charge in [0, 0.05) is 0 Å². The summed E-state index contributed by atoms with van der Waals surface area (Å²) in [6.45, 7) is -2.41. The average Bonchev–Trinajstić information content (AvgIpc) is 2.51. The lowest BCUT2D eigenvalue weighted by atomic mass is 10.4. The Hall–Kier alpha value is -1.64. The van der Waals surface area contributed by atoms with Crippen molar-refractivity contribution in [2.75, 3.05) is 13.1 Å². The Labute approximate surface area is 87.7 Å². The van der Waals surface area contributed by atoms with Crippen molar-refractivity contribution in [2.24, 2.45) is 0 Å². The fourth-order valence-corrected chi connectivity index (χ4v) is 1.07. The number of carbonyl (C=O) groups is 1. The summed E-state index contributed by atoms with van der Waals surface area (Å²) in [5.41, 5.74) is 0. The summed E-state index contributed by atoms with van der Waals surface area (Å²) in [5, 5.41) is 11.7. The van der Waals surface area contributed by atoms with Crippen LogP contribution >= 0.6 is 0 Å². The van der Waals surface area contributed by atoms with Gasteiger partial charge in [-0.1, -0.05) is 5.16 Å². The maximum Gasteiger partial charge on any atom is 0.401 e. The van der Waals surface area contributed by atoms with Gasteiger partial charge in [-0.15, -0.1) is 0 Å². The number of aromatic nitrogens is 2. The van der Waals surface area contributed by atoms with Crippen molar-refractivity contribution in [1.29, 1.82) is 0 Å². The summed E-state index contributed by atoms with van der Waals surface area (Å²) in [7, 11) is 0. The molecule has 0 aliphatic rings. The van der Waals surface area contributed by atoms with Crippen LogP contribution in [0.15, 0.2) is 10.9 Å². The number of halogens is 3. The lowest BCUT2D eigenvalue weighted by Crippen LogP contribution is -2.37. The Morgan fingerprint density at radius 1 is 1.56 bits per heavy atom. The first-order valence-corrected chi connectivity index (χ1v) is 4.13. The summed E-state index contributed by atoms with van der Waals surface area (Å²) in [6.07, 6.45) is -3.51. The van der Waals surface area contributed by atoms with Crippen LogP contribution in [0.3, 0.4) is 0 Å². The fourth-order valence-electron chi connectivity index (χ4n) is 1.07. The number of hydrogen-bond donors (Lipinski definition) is 1. The molecule has 9 heteroatoms. The molecule has 0 unspecified atom stereocenters. The number of carboxylic acids is 1. The van der Waals surface area contributed by atoms with Crippen molar-refractivity contribution >= 4 is 5.97 Å². The molecule has 0 radical (unpaired) electrons. The van der Waals surface area contributed by atoms with Crippen LogP contribution in [-0.4, -0.2) is 45.4 Å². The van der Waals surface area contributed by atoms with E-state index in [0.717, 1.165) is 6.39 Å². The van der Waals surface area contributed by atoms with Gasteiger partial charge in [0.2, 0.25) is 6.39 Å². The number of nitrogens with zero attached hydrogens (tertiary/aromatic N) is 3. The molecule has 0 bridgehead atoms. The topological polar surface area (TPSA) is 79.5 Å². The van der Waals surface area contributed by atoms with E-state index in [2.05, 4.69) is 14.7 Å². The van der Waals surface area contributed by atoms with Crippen LogP contribution in [-0.2, 0) is 11.3 Å². The van der Waals surface area contributed by atoms with Gasteiger partial charge in [0.15, 0.2) is 5.82 Å². The Kier molecular flexibility index (Phi) is 3.82. The van der Waals surface area contributed by atoms with Crippen molar-refractivity contribution in [3.63, 3.8) is 0 Å². The molecule has 1 rings (SSSR count). The molecule has 0 fully saturated rings. The van der Waals surface area contributed by atoms with Gasteiger partial charge >= 0.3 is 12.1 Å². The Balaban J connectivity index is 2.60. The number of hydrogen-bond acceptors (Lipinski definition) is 5. The largest absolute Gasteiger partial charge is 0.480 e. The normalized spacial score (nSPS) is 12.0. The summed E-state index contributed by atoms with van der Waals surface area (Å²) >= 11 is 0. The highest BCUT2D eigenvalue weighted by Crippen LogP contribution is 2.17. The number of rotatable bonds is 5. The highest BCUT2D eigenvalue weighted by Gasteiger charge is 2.32. The standard InChI is InChI=1S/C7H8F3N3O3/c8-7(9,10)3-13(2-6(14)15)1-5-11-4-16-12-5/h4H,1-3H2,(H,14,15). The zero-order valence-electron chi connectivity index (χ0n) is 7.94. The molecule has 0 saturated carbocycles. The molecule has 0 spiro atoms. The first-order chi connectivity index (χ1) is 7.37. The Morgan fingerprint density at radius 2 is 2.25 bits per heavy atom. The van der Waals surface area contributed by atoms with Crippen LogP contribution in [0, 0.1) is 0 Å². The van der Waals surface area contributed by atoms with Gasteiger partial charge < -0.3 is 9.63 Å². The quantitative estimate of drug-likeness (QED) is 0.806. The molecule has 1 N–H and O–H groups in total. The zero-order valence-corrected chi connectivity index (χ0v) is 7.94. The van der Waals surface area contributed by atoms with Crippen molar-refractivity contribution < 1.29 is 27.6 Å². The molecule has 90 valence electrons. The van der Waals surface area contributed by atoms with E-state index in [0.29, 0.717) is 4.90 Å². The fraction of sp³-hybridized carbons (Fsp3) is 0.571. The molecule has 0 aromatic carbocycles. The van der Waals surface area contributed by atoms with E-state index in [9.17, 15) is 18.0 Å². The van der Waals surface area contributed by atoms with Crippen molar-refractivity contribution in [2.45, 2.75) is 12.7 Å². The van der Waals surface area contributed by atoms with Gasteiger partial charge in [0.1, 0.15) is 0 Å². The van der Waals surface area contributed by atoms with E-state index in [1.54, 1.807) is 0 Å². The predicted octanol–water partition coefficient (Wildman–Crippen LogP) is 0.518. The minimum absolute atomic E-state index is 0.00509. The van der Waals surface area contributed by atoms with E-state index in [-0.39, 0.29) is 12.4 Å². The van der Waals surface area contributed by atoms with E-state index in [4.69, 9.17) is 5.11 Å². The lowest BCUT2D eigenvalue weighted by molar-refractivity contribution is -0.155. The number of aliphatic carboxylic acids is 1. The third-order valence-electron chi connectivity index (χ3n) is 1.53. The second kappa shape index (κ2) is 4.92. The van der Waals surface area contributed by atoms with Gasteiger partial charge in [-0.05, 0) is 0 Å². The van der Waals surface area contributed by atoms with Crippen LogP contribution in [0.2, 0.25) is 0 Å². The minimum Gasteiger partial charge on any atom is -0.480 e. The molecular weight excluding hydrogens is 231 g/mol. The molecule has 0 aliphatic carbocycles. The first-order valence-electron chi connectivity index (χ1n) is 4.13. The van der Waals surface area contributed by atoms with Crippen molar-refractivity contribution in [3.8, 4) is 0 Å². The van der Waals surface area contributed by atoms with Crippen molar-refractivity contribution in [1.82, 2.24) is 15.0 Å². The maximum absolute atomic E-state index is 12.1. The summed E-state index contributed by atoms with van der Waals surface area (Å²) in [6, 6.07) is 0. The van der Waals surface area contributed by atoms with Gasteiger partial charge in [0.05, 0.1) is 19.6 Å². The molecule has 0 amide bonds. The maximum atomic E-state index is 12.1. The molecule has 1 heterocycles. The minimum atomic E-state index is -4.47. The number of carboxylic acid groups (broad SMARTS) is 1. The average molecular weight is 239 g/mol. The third-order valence-corrected chi connectivity index (χ3v) is 1.53. The van der Waals surface area contributed by atoms with Gasteiger partial charge in [0.25, 0.3) is 0 Å². The molecule has 0 saturated heterocycles. The summed E-state index contributed by atoms with van der Waals surface area (Å²) in [4.78, 5) is 14.5. The Bertz CT molecular complexity index is 338. The van der Waals surface area contributed by atoms with Gasteiger partial charge in [-0.2, -0.15) is 18.2 Å². The van der Waals surface area contributed by atoms with Crippen molar-refractivity contribution in [3.05, 3.63) is 12.2 Å². The van der Waals surface area contributed by atoms with Crippen LogP contribution in [0.5, 0.6) is 0 Å². The number of alkyl halides is 3. The first kappa shape index (κ1) is 12.4. The van der Waals surface area contributed by atoms with Gasteiger partial charge in [-0.3, -0.25) is 9.69 Å². The zero-order chi connectivity index (χ0) is 12.2. The molecule has 0 atom stereocenters. The Morgan fingerprint density at radius 3 is 2.69 bits per heavy atom. The highest BCUT2D eigenvalue weighted by molar-refractivity contribution is 5.69. The van der Waals surface area contributed by atoms with E-state index >= 15 is 0 Å². The van der Waals surface area contributed by atoms with Crippen LogP contribution in [0.4, 0.5) is 13.2 Å². The van der Waals surface area contributed by atoms with Gasteiger partial charge in [-0.25, -0.2) is 0 Å². The summed E-state index contributed by atoms with van der Waals surface area (Å²) in [5.74, 6) is -1.35.